The number of amides is 1. The molecular formula is C20H23N5O3S3. The third kappa shape index (κ3) is 5.17. The number of thiophene rings is 1. The molecular weight excluding hydrogens is 454 g/mol. The van der Waals surface area contributed by atoms with Crippen LogP contribution in [0.2, 0.25) is 0 Å². The first-order chi connectivity index (χ1) is 14.9. The van der Waals surface area contributed by atoms with E-state index in [0.29, 0.717) is 35.3 Å². The van der Waals surface area contributed by atoms with Gasteiger partial charge in [0.1, 0.15) is 0 Å². The lowest BCUT2D eigenvalue weighted by Crippen LogP contribution is -2.36. The van der Waals surface area contributed by atoms with Gasteiger partial charge in [0, 0.05) is 18.8 Å². The van der Waals surface area contributed by atoms with Crippen molar-refractivity contribution in [2.24, 2.45) is 0 Å². The predicted molar refractivity (Wildman–Crippen MR) is 123 cm³/mol. The number of carbonyl (C=O) groups excluding carboxylic acids is 1. The van der Waals surface area contributed by atoms with Crippen LogP contribution >= 0.6 is 23.1 Å². The van der Waals surface area contributed by atoms with Crippen molar-refractivity contribution in [3.05, 3.63) is 41.3 Å². The lowest BCUT2D eigenvalue weighted by molar-refractivity contribution is -0.113. The Morgan fingerprint density at radius 2 is 2.06 bits per heavy atom. The first-order valence-corrected chi connectivity index (χ1v) is 13.2. The van der Waals surface area contributed by atoms with E-state index in [0.717, 1.165) is 24.1 Å². The van der Waals surface area contributed by atoms with Crippen LogP contribution in [0.15, 0.2) is 45.8 Å². The molecule has 1 fully saturated rings. The molecule has 1 saturated heterocycles. The fourth-order valence-electron chi connectivity index (χ4n) is 3.36. The fourth-order valence-corrected chi connectivity index (χ4v) is 6.39. The average Bonchev–Trinajstić information content (AvgIpc) is 3.46. The lowest BCUT2D eigenvalue weighted by atomic mass is 10.2. The fraction of sp³-hybridized carbons (Fsp3) is 0.350. The van der Waals surface area contributed by atoms with Crippen LogP contribution in [0.3, 0.4) is 0 Å². The number of rotatable bonds is 7. The molecule has 1 aliphatic rings. The highest BCUT2D eigenvalue weighted by molar-refractivity contribution is 7.99. The van der Waals surface area contributed by atoms with Crippen LogP contribution in [0.4, 0.5) is 5.69 Å². The minimum atomic E-state index is -3.57. The summed E-state index contributed by atoms with van der Waals surface area (Å²) in [5.74, 6) is 0.533. The zero-order chi connectivity index (χ0) is 21.8. The summed E-state index contributed by atoms with van der Waals surface area (Å²) in [6.07, 6.45) is 2.81. The second-order valence-corrected chi connectivity index (χ2v) is 11.0. The Kier molecular flexibility index (Phi) is 6.75. The van der Waals surface area contributed by atoms with Crippen molar-refractivity contribution in [1.82, 2.24) is 19.5 Å². The first-order valence-electron chi connectivity index (χ1n) is 9.93. The SMILES string of the molecule is Cc1ccc(NC(=O)CSc2n[nH]c(-c3cccs3)n2)cc1S(=O)(=O)N1CCCCC1. The number of sulfonamides is 1. The third-order valence-electron chi connectivity index (χ3n) is 4.96. The van der Waals surface area contributed by atoms with Gasteiger partial charge in [-0.05, 0) is 48.9 Å². The van der Waals surface area contributed by atoms with Crippen LogP contribution in [0.1, 0.15) is 24.8 Å². The molecule has 1 amide bonds. The molecule has 0 atom stereocenters. The van der Waals surface area contributed by atoms with Crippen molar-refractivity contribution < 1.29 is 13.2 Å². The quantitative estimate of drug-likeness (QED) is 0.502. The molecule has 4 rings (SSSR count). The van der Waals surface area contributed by atoms with Gasteiger partial charge < -0.3 is 5.32 Å². The van der Waals surface area contributed by atoms with Gasteiger partial charge in [-0.15, -0.1) is 16.4 Å². The van der Waals surface area contributed by atoms with Crippen molar-refractivity contribution >= 4 is 44.7 Å². The Balaban J connectivity index is 1.40. The number of aryl methyl sites for hydroxylation is 1. The lowest BCUT2D eigenvalue weighted by Gasteiger charge is -2.26. The van der Waals surface area contributed by atoms with E-state index < -0.39 is 10.0 Å². The van der Waals surface area contributed by atoms with Crippen LogP contribution in [-0.4, -0.2) is 52.7 Å². The standard InChI is InChI=1S/C20H23N5O3S3/c1-14-7-8-15(12-17(14)31(27,28)25-9-3-2-4-10-25)21-18(26)13-30-20-22-19(23-24-20)16-6-5-11-29-16/h5-8,11-12H,2-4,9-10,13H2,1H3,(H,21,26)(H,22,23,24). The largest absolute Gasteiger partial charge is 0.325 e. The van der Waals surface area contributed by atoms with Crippen molar-refractivity contribution in [2.45, 2.75) is 36.2 Å². The minimum absolute atomic E-state index is 0.115. The van der Waals surface area contributed by atoms with Gasteiger partial charge in [0.25, 0.3) is 0 Å². The van der Waals surface area contributed by atoms with Gasteiger partial charge in [-0.3, -0.25) is 9.89 Å². The van der Waals surface area contributed by atoms with Gasteiger partial charge in [0.2, 0.25) is 21.1 Å². The minimum Gasteiger partial charge on any atom is -0.325 e. The number of nitrogens with one attached hydrogen (secondary N) is 2. The summed E-state index contributed by atoms with van der Waals surface area (Å²) in [5.41, 5.74) is 1.13. The molecule has 2 N–H and O–H groups in total. The Morgan fingerprint density at radius 1 is 1.26 bits per heavy atom. The molecule has 0 unspecified atom stereocenters. The van der Waals surface area contributed by atoms with Crippen molar-refractivity contribution in [3.8, 4) is 10.7 Å². The van der Waals surface area contributed by atoms with Gasteiger partial charge in [-0.1, -0.05) is 30.3 Å². The van der Waals surface area contributed by atoms with Gasteiger partial charge in [-0.2, -0.15) is 4.31 Å². The van der Waals surface area contributed by atoms with E-state index in [4.69, 9.17) is 0 Å². The number of H-pyrrole nitrogens is 1. The monoisotopic (exact) mass is 477 g/mol. The number of piperidine rings is 1. The summed E-state index contributed by atoms with van der Waals surface area (Å²) in [6.45, 7) is 2.85. The Labute approximate surface area is 189 Å². The van der Waals surface area contributed by atoms with E-state index in [9.17, 15) is 13.2 Å². The van der Waals surface area contributed by atoms with E-state index in [1.54, 1.807) is 36.5 Å². The zero-order valence-corrected chi connectivity index (χ0v) is 19.4. The van der Waals surface area contributed by atoms with Crippen LogP contribution in [0, 0.1) is 6.92 Å². The smallest absolute Gasteiger partial charge is 0.243 e. The third-order valence-corrected chi connectivity index (χ3v) is 8.72. The van der Waals surface area contributed by atoms with E-state index >= 15 is 0 Å². The van der Waals surface area contributed by atoms with Crippen LogP contribution < -0.4 is 5.32 Å². The molecule has 3 aromatic rings. The highest BCUT2D eigenvalue weighted by atomic mass is 32.2. The number of benzene rings is 1. The first kappa shape index (κ1) is 22.0. The number of anilines is 1. The topological polar surface area (TPSA) is 108 Å². The molecule has 2 aromatic heterocycles. The van der Waals surface area contributed by atoms with Crippen molar-refractivity contribution in [2.75, 3.05) is 24.2 Å². The van der Waals surface area contributed by atoms with Gasteiger partial charge in [0.05, 0.1) is 15.5 Å². The number of nitrogens with zero attached hydrogens (tertiary/aromatic N) is 3. The maximum Gasteiger partial charge on any atom is 0.243 e. The highest BCUT2D eigenvalue weighted by Crippen LogP contribution is 2.27. The summed E-state index contributed by atoms with van der Waals surface area (Å²) in [5, 5.41) is 12.2. The molecule has 8 nitrogen and oxygen atoms in total. The van der Waals surface area contributed by atoms with E-state index in [1.165, 1.54) is 16.1 Å². The number of thioether (sulfide) groups is 1. The Morgan fingerprint density at radius 3 is 2.81 bits per heavy atom. The molecule has 31 heavy (non-hydrogen) atoms. The molecule has 0 bridgehead atoms. The maximum atomic E-state index is 13.0. The summed E-state index contributed by atoms with van der Waals surface area (Å²) in [7, 11) is -3.57. The molecule has 3 heterocycles. The van der Waals surface area contributed by atoms with Gasteiger partial charge >= 0.3 is 0 Å². The second kappa shape index (κ2) is 9.51. The second-order valence-electron chi connectivity index (χ2n) is 7.23. The summed E-state index contributed by atoms with van der Waals surface area (Å²) < 4.78 is 27.6. The predicted octanol–water partition coefficient (Wildman–Crippen LogP) is 3.75. The molecule has 0 radical (unpaired) electrons. The molecule has 11 heteroatoms. The Hall–Kier alpha value is -2.21. The molecule has 0 spiro atoms. The highest BCUT2D eigenvalue weighted by Gasteiger charge is 2.27. The van der Waals surface area contributed by atoms with Crippen molar-refractivity contribution in [1.29, 1.82) is 0 Å². The van der Waals surface area contributed by atoms with E-state index in [-0.39, 0.29) is 16.6 Å². The summed E-state index contributed by atoms with van der Waals surface area (Å²) in [4.78, 5) is 18.0. The van der Waals surface area contributed by atoms with Crippen molar-refractivity contribution in [3.63, 3.8) is 0 Å². The van der Waals surface area contributed by atoms with Crippen LogP contribution in [0.25, 0.3) is 10.7 Å². The normalized spacial score (nSPS) is 15.1. The Bertz CT molecular complexity index is 1150. The maximum absolute atomic E-state index is 13.0. The number of aromatic amines is 1. The number of hydrogen-bond acceptors (Lipinski definition) is 7. The molecule has 1 aliphatic heterocycles. The van der Waals surface area contributed by atoms with E-state index in [2.05, 4.69) is 20.5 Å². The average molecular weight is 478 g/mol. The molecule has 0 saturated carbocycles. The number of hydrogen-bond donors (Lipinski definition) is 2. The van der Waals surface area contributed by atoms with Gasteiger partial charge in [0.15, 0.2) is 5.82 Å². The molecule has 0 aliphatic carbocycles. The number of carbonyl (C=O) groups is 1. The van der Waals surface area contributed by atoms with Crippen LogP contribution in [0.5, 0.6) is 0 Å². The molecule has 1 aromatic carbocycles. The summed E-state index contributed by atoms with van der Waals surface area (Å²) in [6, 6.07) is 8.86. The van der Waals surface area contributed by atoms with Gasteiger partial charge in [-0.25, -0.2) is 13.4 Å². The zero-order valence-electron chi connectivity index (χ0n) is 17.0. The van der Waals surface area contributed by atoms with E-state index in [1.807, 2.05) is 17.5 Å². The molecule has 164 valence electrons. The summed E-state index contributed by atoms with van der Waals surface area (Å²) >= 11 is 2.77. The number of aromatic nitrogens is 3. The van der Waals surface area contributed by atoms with Crippen LogP contribution in [-0.2, 0) is 14.8 Å².